The first-order valence-electron chi connectivity index (χ1n) is 7.97. The third-order valence-corrected chi connectivity index (χ3v) is 8.19. The van der Waals surface area contributed by atoms with Gasteiger partial charge in [-0.2, -0.15) is 0 Å². The lowest BCUT2D eigenvalue weighted by Crippen LogP contribution is -1.79. The van der Waals surface area contributed by atoms with Crippen molar-refractivity contribution in [1.82, 2.24) is 0 Å². The van der Waals surface area contributed by atoms with Crippen LogP contribution in [-0.2, 0) is 0 Å². The van der Waals surface area contributed by atoms with Crippen molar-refractivity contribution in [2.45, 2.75) is 6.92 Å². The van der Waals surface area contributed by atoms with E-state index in [1.165, 1.54) is 50.4 Å². The maximum Gasteiger partial charge on any atom is 0.0711 e. The molecule has 122 valence electrons. The first kappa shape index (κ1) is 15.8. The van der Waals surface area contributed by atoms with Crippen LogP contribution in [0.3, 0.4) is 0 Å². The average Bonchev–Trinajstić information content (AvgIpc) is 3.28. The second-order valence-corrected chi connectivity index (χ2v) is 10.6. The highest BCUT2D eigenvalue weighted by Gasteiger charge is 2.19. The summed E-state index contributed by atoms with van der Waals surface area (Å²) < 4.78 is 3.89. The normalized spacial score (nSPS) is 11.6. The van der Waals surface area contributed by atoms with Gasteiger partial charge in [-0.25, -0.2) is 0 Å². The molecule has 0 aliphatic rings. The maximum atomic E-state index is 3.73. The summed E-state index contributed by atoms with van der Waals surface area (Å²) in [5.41, 5.74) is 4.07. The highest BCUT2D eigenvalue weighted by molar-refractivity contribution is 9.11. The molecule has 0 N–H and O–H groups in total. The largest absolute Gasteiger partial charge is 0.143 e. The van der Waals surface area contributed by atoms with E-state index in [2.05, 4.69) is 82.8 Å². The first-order chi connectivity index (χ1) is 12.2. The van der Waals surface area contributed by atoms with Gasteiger partial charge in [0.15, 0.2) is 0 Å². The summed E-state index contributed by atoms with van der Waals surface area (Å²) in [6, 6.07) is 19.7. The van der Waals surface area contributed by atoms with Crippen LogP contribution >= 0.6 is 49.9 Å². The number of hydrogen-bond donors (Lipinski definition) is 0. The SMILES string of the molecule is Cc1sc2ccccc2c1-c1cc(Br)sc1-c1csc2ccccc12. The average molecular weight is 441 g/mol. The van der Waals surface area contributed by atoms with Crippen LogP contribution in [0.15, 0.2) is 63.8 Å². The number of benzene rings is 2. The molecule has 0 bridgehead atoms. The predicted molar refractivity (Wildman–Crippen MR) is 118 cm³/mol. The van der Waals surface area contributed by atoms with Crippen LogP contribution in [0.1, 0.15) is 4.88 Å². The molecule has 0 amide bonds. The standard InChI is InChI=1S/C21H13BrS3/c1-12-20(14-7-3-5-9-18(14)24-12)15-10-19(22)25-21(15)16-11-23-17-8-4-2-6-13(16)17/h2-11H,1H3. The number of thiophene rings is 3. The smallest absolute Gasteiger partial charge is 0.0711 e. The minimum absolute atomic E-state index is 1.18. The molecule has 0 fully saturated rings. The van der Waals surface area contributed by atoms with E-state index < -0.39 is 0 Å². The molecule has 0 nitrogen and oxygen atoms in total. The second-order valence-electron chi connectivity index (χ2n) is 5.97. The van der Waals surface area contributed by atoms with Gasteiger partial charge in [-0.15, -0.1) is 34.0 Å². The van der Waals surface area contributed by atoms with E-state index in [1.807, 2.05) is 34.0 Å². The van der Waals surface area contributed by atoms with E-state index in [0.29, 0.717) is 0 Å². The number of rotatable bonds is 2. The summed E-state index contributed by atoms with van der Waals surface area (Å²) in [5.74, 6) is 0. The third kappa shape index (κ3) is 2.51. The Morgan fingerprint density at radius 3 is 2.36 bits per heavy atom. The molecular formula is C21H13BrS3. The van der Waals surface area contributed by atoms with Crippen molar-refractivity contribution < 1.29 is 0 Å². The lowest BCUT2D eigenvalue weighted by molar-refractivity contribution is 1.63. The van der Waals surface area contributed by atoms with Crippen LogP contribution in [-0.4, -0.2) is 0 Å². The Bertz CT molecular complexity index is 1220. The molecule has 2 aromatic carbocycles. The van der Waals surface area contributed by atoms with Gasteiger partial charge in [-0.05, 0) is 41.1 Å². The molecule has 0 aliphatic heterocycles. The lowest BCUT2D eigenvalue weighted by atomic mass is 10.00. The minimum atomic E-state index is 1.18. The molecule has 0 unspecified atom stereocenters. The van der Waals surface area contributed by atoms with Crippen LogP contribution in [0.2, 0.25) is 0 Å². The molecule has 5 rings (SSSR count). The second kappa shape index (κ2) is 6.06. The molecule has 0 saturated carbocycles. The predicted octanol–water partition coefficient (Wildman–Crippen LogP) is 8.58. The highest BCUT2D eigenvalue weighted by atomic mass is 79.9. The maximum absolute atomic E-state index is 3.73. The van der Waals surface area contributed by atoms with Gasteiger partial charge in [-0.3, -0.25) is 0 Å². The van der Waals surface area contributed by atoms with Crippen LogP contribution < -0.4 is 0 Å². The van der Waals surface area contributed by atoms with Gasteiger partial charge >= 0.3 is 0 Å². The number of fused-ring (bicyclic) bond motifs is 2. The van der Waals surface area contributed by atoms with E-state index in [4.69, 9.17) is 0 Å². The van der Waals surface area contributed by atoms with Crippen molar-refractivity contribution in [1.29, 1.82) is 0 Å². The lowest BCUT2D eigenvalue weighted by Gasteiger charge is -2.04. The summed E-state index contributed by atoms with van der Waals surface area (Å²) in [6.07, 6.45) is 0. The molecule has 0 aliphatic carbocycles. The first-order valence-corrected chi connectivity index (χ1v) is 11.3. The summed E-state index contributed by atoms with van der Waals surface area (Å²) >= 11 is 9.27. The van der Waals surface area contributed by atoms with Crippen molar-refractivity contribution in [3.8, 4) is 21.6 Å². The third-order valence-electron chi connectivity index (χ3n) is 4.47. The summed E-state index contributed by atoms with van der Waals surface area (Å²) in [6.45, 7) is 2.24. The fourth-order valence-corrected chi connectivity index (χ4v) is 7.14. The fourth-order valence-electron chi connectivity index (χ4n) is 3.40. The Labute approximate surface area is 166 Å². The van der Waals surface area contributed by atoms with Crippen molar-refractivity contribution in [3.05, 3.63) is 68.6 Å². The molecule has 3 heterocycles. The molecule has 3 aromatic heterocycles. The van der Waals surface area contributed by atoms with Crippen molar-refractivity contribution >= 4 is 70.1 Å². The van der Waals surface area contributed by atoms with Crippen molar-refractivity contribution in [2.75, 3.05) is 0 Å². The summed E-state index contributed by atoms with van der Waals surface area (Å²) in [5, 5.41) is 5.01. The van der Waals surface area contributed by atoms with Gasteiger partial charge in [0.25, 0.3) is 0 Å². The Morgan fingerprint density at radius 2 is 1.52 bits per heavy atom. The Morgan fingerprint density at radius 1 is 0.800 bits per heavy atom. The van der Waals surface area contributed by atoms with Gasteiger partial charge in [0.05, 0.1) is 3.79 Å². The molecule has 0 spiro atoms. The van der Waals surface area contributed by atoms with Gasteiger partial charge in [0.2, 0.25) is 0 Å². The molecule has 0 atom stereocenters. The van der Waals surface area contributed by atoms with E-state index in [9.17, 15) is 0 Å². The van der Waals surface area contributed by atoms with E-state index in [1.54, 1.807) is 0 Å². The van der Waals surface area contributed by atoms with E-state index >= 15 is 0 Å². The van der Waals surface area contributed by atoms with Gasteiger partial charge < -0.3 is 0 Å². The van der Waals surface area contributed by atoms with Crippen molar-refractivity contribution in [3.63, 3.8) is 0 Å². The van der Waals surface area contributed by atoms with Gasteiger partial charge in [-0.1, -0.05) is 36.4 Å². The van der Waals surface area contributed by atoms with Gasteiger partial charge in [0.1, 0.15) is 0 Å². The van der Waals surface area contributed by atoms with Crippen LogP contribution in [0, 0.1) is 6.92 Å². The van der Waals surface area contributed by atoms with Gasteiger partial charge in [0, 0.05) is 52.0 Å². The molecule has 5 aromatic rings. The monoisotopic (exact) mass is 440 g/mol. The van der Waals surface area contributed by atoms with E-state index in [0.717, 1.165) is 0 Å². The quantitative estimate of drug-likeness (QED) is 0.257. The zero-order valence-electron chi connectivity index (χ0n) is 13.4. The summed E-state index contributed by atoms with van der Waals surface area (Å²) in [4.78, 5) is 2.74. The van der Waals surface area contributed by atoms with Crippen molar-refractivity contribution in [2.24, 2.45) is 0 Å². The molecule has 4 heteroatoms. The Balaban J connectivity index is 1.83. The van der Waals surface area contributed by atoms with Crippen LogP contribution in [0.5, 0.6) is 0 Å². The number of hydrogen-bond acceptors (Lipinski definition) is 3. The number of aryl methyl sites for hydroxylation is 1. The molecule has 0 radical (unpaired) electrons. The molecule has 0 saturated heterocycles. The Kier molecular flexibility index (Phi) is 3.82. The van der Waals surface area contributed by atoms with Crippen LogP contribution in [0.4, 0.5) is 0 Å². The van der Waals surface area contributed by atoms with Crippen LogP contribution in [0.25, 0.3) is 41.7 Å². The Hall–Kier alpha value is -1.46. The zero-order valence-corrected chi connectivity index (χ0v) is 17.4. The fraction of sp³-hybridized carbons (Fsp3) is 0.0476. The number of halogens is 1. The van der Waals surface area contributed by atoms with E-state index in [-0.39, 0.29) is 0 Å². The molecular weight excluding hydrogens is 428 g/mol. The molecule has 25 heavy (non-hydrogen) atoms. The topological polar surface area (TPSA) is 0 Å². The highest BCUT2D eigenvalue weighted by Crippen LogP contribution is 2.49. The zero-order chi connectivity index (χ0) is 17.0. The summed E-state index contributed by atoms with van der Waals surface area (Å²) in [7, 11) is 0. The minimum Gasteiger partial charge on any atom is -0.143 e.